The van der Waals surface area contributed by atoms with Gasteiger partial charge in [-0.1, -0.05) is 6.42 Å². The quantitative estimate of drug-likeness (QED) is 0.804. The summed E-state index contributed by atoms with van der Waals surface area (Å²) in [5.41, 5.74) is -0.764. The predicted octanol–water partition coefficient (Wildman–Crippen LogP) is 4.35. The van der Waals surface area contributed by atoms with Gasteiger partial charge in [-0.15, -0.1) is 0 Å². The number of ether oxygens (including phenoxy) is 2. The number of H-pyrrole nitrogens is 1. The number of nitrogens with one attached hydrogen (secondary N) is 1. The van der Waals surface area contributed by atoms with Crippen molar-refractivity contribution in [3.05, 3.63) is 29.5 Å². The third-order valence-corrected chi connectivity index (χ3v) is 6.19. The molecule has 2 aromatic rings. The number of piperidine rings is 1. The molecule has 1 saturated heterocycles. The number of halogens is 2. The molecule has 6 nitrogen and oxygen atoms in total. The van der Waals surface area contributed by atoms with E-state index in [2.05, 4.69) is 10.2 Å². The van der Waals surface area contributed by atoms with Crippen molar-refractivity contribution in [1.29, 1.82) is 0 Å². The van der Waals surface area contributed by atoms with E-state index in [4.69, 9.17) is 9.47 Å². The summed E-state index contributed by atoms with van der Waals surface area (Å²) in [6, 6.07) is 2.58. The fourth-order valence-electron chi connectivity index (χ4n) is 5.18. The van der Waals surface area contributed by atoms with E-state index < -0.39 is 23.0 Å². The van der Waals surface area contributed by atoms with E-state index in [-0.39, 0.29) is 28.8 Å². The lowest BCUT2D eigenvalue weighted by molar-refractivity contribution is -0.165. The van der Waals surface area contributed by atoms with Gasteiger partial charge < -0.3 is 14.4 Å². The smallest absolute Gasteiger partial charge is 0.410 e. The van der Waals surface area contributed by atoms with Crippen LogP contribution < -0.4 is 0 Å². The number of carbonyl (C=O) groups excluding carboxylic acids is 1. The first-order valence-corrected chi connectivity index (χ1v) is 10.0. The third-order valence-electron chi connectivity index (χ3n) is 6.19. The summed E-state index contributed by atoms with van der Waals surface area (Å²) in [5.74, 6) is -1.29. The Morgan fingerprint density at radius 1 is 1.24 bits per heavy atom. The van der Waals surface area contributed by atoms with E-state index in [0.717, 1.165) is 19.3 Å². The van der Waals surface area contributed by atoms with Gasteiger partial charge in [0.25, 0.3) is 0 Å². The molecule has 1 aliphatic heterocycles. The van der Waals surface area contributed by atoms with Crippen LogP contribution in [-0.4, -0.2) is 47.0 Å². The van der Waals surface area contributed by atoms with Gasteiger partial charge in [0.15, 0.2) is 0 Å². The standard InChI is InChI=1S/C21H27F2N3O3/c1-20(2,3)29-19(27)26-10-12-6-5-7-13(11-26)21(12,28-4)15-8-14(22)9-16-17(15)18(23)25-24-16/h8-9,12-13H,5-7,10-11H2,1-4H3,(H,24,25). The summed E-state index contributed by atoms with van der Waals surface area (Å²) in [4.78, 5) is 14.4. The van der Waals surface area contributed by atoms with Crippen molar-refractivity contribution in [3.8, 4) is 0 Å². The molecule has 2 fully saturated rings. The molecular formula is C21H27F2N3O3. The maximum atomic E-state index is 14.6. The van der Waals surface area contributed by atoms with Crippen molar-refractivity contribution in [3.63, 3.8) is 0 Å². The highest BCUT2D eigenvalue weighted by molar-refractivity contribution is 5.83. The van der Waals surface area contributed by atoms with E-state index in [0.29, 0.717) is 18.7 Å². The van der Waals surface area contributed by atoms with E-state index in [9.17, 15) is 13.6 Å². The lowest BCUT2D eigenvalue weighted by Gasteiger charge is -2.55. The minimum Gasteiger partial charge on any atom is -0.444 e. The summed E-state index contributed by atoms with van der Waals surface area (Å²) >= 11 is 0. The topological polar surface area (TPSA) is 67.5 Å². The molecule has 1 saturated carbocycles. The highest BCUT2D eigenvalue weighted by Crippen LogP contribution is 2.53. The maximum Gasteiger partial charge on any atom is 0.410 e. The monoisotopic (exact) mass is 407 g/mol. The molecule has 158 valence electrons. The van der Waals surface area contributed by atoms with Crippen LogP contribution in [0.25, 0.3) is 10.9 Å². The molecule has 0 spiro atoms. The number of amides is 1. The Hall–Kier alpha value is -2.22. The molecule has 2 atom stereocenters. The molecule has 1 aromatic heterocycles. The van der Waals surface area contributed by atoms with Gasteiger partial charge in [-0.25, -0.2) is 9.18 Å². The van der Waals surface area contributed by atoms with Gasteiger partial charge in [0, 0.05) is 43.7 Å². The van der Waals surface area contributed by atoms with Crippen LogP contribution in [-0.2, 0) is 15.1 Å². The van der Waals surface area contributed by atoms with Gasteiger partial charge in [0.05, 0.1) is 10.9 Å². The Kier molecular flexibility index (Phi) is 4.80. The van der Waals surface area contributed by atoms with Crippen molar-refractivity contribution in [2.75, 3.05) is 20.2 Å². The first-order chi connectivity index (χ1) is 13.7. The molecule has 1 N–H and O–H groups in total. The molecular weight excluding hydrogens is 380 g/mol. The lowest BCUT2D eigenvalue weighted by Crippen LogP contribution is -2.60. The number of aromatic nitrogens is 2. The largest absolute Gasteiger partial charge is 0.444 e. The van der Waals surface area contributed by atoms with Gasteiger partial charge in [-0.05, 0) is 39.7 Å². The molecule has 1 amide bonds. The first kappa shape index (κ1) is 20.1. The molecule has 2 heterocycles. The summed E-state index contributed by atoms with van der Waals surface area (Å²) in [5, 5.41) is 6.48. The number of hydrogen-bond acceptors (Lipinski definition) is 4. The van der Waals surface area contributed by atoms with Crippen LogP contribution >= 0.6 is 0 Å². The average molecular weight is 407 g/mol. The van der Waals surface area contributed by atoms with Crippen molar-refractivity contribution in [1.82, 2.24) is 15.1 Å². The third kappa shape index (κ3) is 3.27. The van der Waals surface area contributed by atoms with Crippen LogP contribution in [0.2, 0.25) is 0 Å². The van der Waals surface area contributed by atoms with Gasteiger partial charge >= 0.3 is 6.09 Å². The Morgan fingerprint density at radius 2 is 1.90 bits per heavy atom. The lowest BCUT2D eigenvalue weighted by atomic mass is 9.62. The summed E-state index contributed by atoms with van der Waals surface area (Å²) in [7, 11) is 1.59. The molecule has 8 heteroatoms. The van der Waals surface area contributed by atoms with Gasteiger partial charge in [-0.2, -0.15) is 9.49 Å². The zero-order valence-electron chi connectivity index (χ0n) is 17.2. The number of fused-ring (bicyclic) bond motifs is 3. The first-order valence-electron chi connectivity index (χ1n) is 10.0. The Bertz CT molecular complexity index is 923. The molecule has 2 bridgehead atoms. The Labute approximate surface area is 168 Å². The molecule has 0 radical (unpaired) electrons. The minimum absolute atomic E-state index is 0.105. The van der Waals surface area contributed by atoms with Crippen LogP contribution in [0.4, 0.5) is 13.6 Å². The van der Waals surface area contributed by atoms with Crippen LogP contribution in [0, 0.1) is 23.6 Å². The highest BCUT2D eigenvalue weighted by atomic mass is 19.1. The van der Waals surface area contributed by atoms with Crippen LogP contribution in [0.3, 0.4) is 0 Å². The molecule has 1 aromatic carbocycles. The molecule has 2 aliphatic rings. The average Bonchev–Trinajstić information content (AvgIpc) is 2.98. The van der Waals surface area contributed by atoms with E-state index in [1.807, 2.05) is 20.8 Å². The molecule has 1 aliphatic carbocycles. The number of aromatic amines is 1. The Balaban J connectivity index is 1.78. The van der Waals surface area contributed by atoms with Crippen molar-refractivity contribution in [2.24, 2.45) is 11.8 Å². The van der Waals surface area contributed by atoms with Crippen molar-refractivity contribution in [2.45, 2.75) is 51.2 Å². The van der Waals surface area contributed by atoms with Crippen molar-refractivity contribution >= 4 is 17.0 Å². The number of methoxy groups -OCH3 is 1. The maximum absolute atomic E-state index is 14.6. The number of likely N-dealkylation sites (tertiary alicyclic amines) is 1. The number of rotatable bonds is 2. The molecule has 4 rings (SSSR count). The number of benzene rings is 1. The fourth-order valence-corrected chi connectivity index (χ4v) is 5.18. The fraction of sp³-hybridized carbons (Fsp3) is 0.619. The summed E-state index contributed by atoms with van der Waals surface area (Å²) < 4.78 is 40.7. The van der Waals surface area contributed by atoms with Gasteiger partial charge in [0.2, 0.25) is 5.95 Å². The normalized spacial score (nSPS) is 27.3. The van der Waals surface area contributed by atoms with E-state index >= 15 is 0 Å². The van der Waals surface area contributed by atoms with Gasteiger partial charge in [0.1, 0.15) is 17.0 Å². The summed E-state index contributed by atoms with van der Waals surface area (Å²) in [6.45, 7) is 6.33. The van der Waals surface area contributed by atoms with Gasteiger partial charge in [-0.3, -0.25) is 5.10 Å². The van der Waals surface area contributed by atoms with Crippen LogP contribution in [0.15, 0.2) is 12.1 Å². The second kappa shape index (κ2) is 6.93. The van der Waals surface area contributed by atoms with E-state index in [1.165, 1.54) is 12.1 Å². The van der Waals surface area contributed by atoms with E-state index in [1.54, 1.807) is 12.0 Å². The highest BCUT2D eigenvalue weighted by Gasteiger charge is 2.55. The molecule has 2 unspecified atom stereocenters. The Morgan fingerprint density at radius 3 is 2.48 bits per heavy atom. The molecule has 29 heavy (non-hydrogen) atoms. The van der Waals surface area contributed by atoms with Crippen LogP contribution in [0.5, 0.6) is 0 Å². The summed E-state index contributed by atoms with van der Waals surface area (Å²) in [6.07, 6.45) is 2.20. The van der Waals surface area contributed by atoms with Crippen LogP contribution in [0.1, 0.15) is 45.6 Å². The minimum atomic E-state index is -0.887. The number of nitrogens with zero attached hydrogens (tertiary/aromatic N) is 2. The van der Waals surface area contributed by atoms with Crippen molar-refractivity contribution < 1.29 is 23.0 Å². The predicted molar refractivity (Wildman–Crippen MR) is 103 cm³/mol. The zero-order chi connectivity index (χ0) is 21.0. The second-order valence-corrected chi connectivity index (χ2v) is 9.09. The number of hydrogen-bond donors (Lipinski definition) is 1. The second-order valence-electron chi connectivity index (χ2n) is 9.09. The zero-order valence-corrected chi connectivity index (χ0v) is 17.2. The SMILES string of the molecule is COC1(c2cc(F)cc3n[nH]c(F)c23)C2CCCC1CN(C(=O)OC(C)(C)C)C2. The number of carbonyl (C=O) groups is 1.